The Balaban J connectivity index is 2.67. The average Bonchev–Trinajstić information content (AvgIpc) is 2.09. The standard InChI is InChI=1S/C9H10N2O/c1-2-3-4-8-11-9(12)6-5-7-10-11/h5-7H,4,8H2,1H3. The number of hydrogen-bond acceptors (Lipinski definition) is 2. The predicted octanol–water partition coefficient (Wildman–Crippen LogP) is 0.657. The fourth-order valence-corrected chi connectivity index (χ4v) is 0.842. The quantitative estimate of drug-likeness (QED) is 0.599. The first-order valence-corrected chi connectivity index (χ1v) is 3.76. The van der Waals surface area contributed by atoms with E-state index in [4.69, 9.17) is 0 Å². The lowest BCUT2D eigenvalue weighted by atomic mass is 10.4. The van der Waals surface area contributed by atoms with Gasteiger partial charge in [-0.15, -0.1) is 11.8 Å². The van der Waals surface area contributed by atoms with Crippen LogP contribution in [0.5, 0.6) is 0 Å². The molecule has 12 heavy (non-hydrogen) atoms. The average molecular weight is 162 g/mol. The van der Waals surface area contributed by atoms with E-state index in [0.717, 1.165) is 0 Å². The predicted molar refractivity (Wildman–Crippen MR) is 46.6 cm³/mol. The lowest BCUT2D eigenvalue weighted by molar-refractivity contribution is 0.590. The molecule has 0 aliphatic carbocycles. The first-order chi connectivity index (χ1) is 5.84. The van der Waals surface area contributed by atoms with Crippen molar-refractivity contribution in [2.24, 2.45) is 0 Å². The van der Waals surface area contributed by atoms with E-state index in [9.17, 15) is 4.79 Å². The van der Waals surface area contributed by atoms with Crippen LogP contribution in [0, 0.1) is 11.8 Å². The van der Waals surface area contributed by atoms with Gasteiger partial charge >= 0.3 is 0 Å². The molecule has 0 spiro atoms. The highest BCUT2D eigenvalue weighted by Gasteiger charge is 1.91. The highest BCUT2D eigenvalue weighted by Crippen LogP contribution is 1.81. The largest absolute Gasteiger partial charge is 0.268 e. The Labute approximate surface area is 71.0 Å². The molecule has 0 saturated carbocycles. The van der Waals surface area contributed by atoms with Crippen molar-refractivity contribution in [2.75, 3.05) is 0 Å². The Morgan fingerprint density at radius 1 is 1.67 bits per heavy atom. The summed E-state index contributed by atoms with van der Waals surface area (Å²) >= 11 is 0. The summed E-state index contributed by atoms with van der Waals surface area (Å²) in [5.41, 5.74) is -0.0737. The van der Waals surface area contributed by atoms with E-state index < -0.39 is 0 Å². The number of aryl methyl sites for hydroxylation is 1. The second kappa shape index (κ2) is 4.35. The second-order valence-corrected chi connectivity index (χ2v) is 2.26. The van der Waals surface area contributed by atoms with Gasteiger partial charge in [-0.3, -0.25) is 4.79 Å². The first-order valence-electron chi connectivity index (χ1n) is 3.76. The Hall–Kier alpha value is -1.56. The molecule has 1 aromatic rings. The fourth-order valence-electron chi connectivity index (χ4n) is 0.842. The van der Waals surface area contributed by atoms with E-state index in [1.165, 1.54) is 10.7 Å². The summed E-state index contributed by atoms with van der Waals surface area (Å²) in [4.78, 5) is 11.1. The van der Waals surface area contributed by atoms with Crippen LogP contribution in [0.15, 0.2) is 23.1 Å². The van der Waals surface area contributed by atoms with Gasteiger partial charge in [0.1, 0.15) is 0 Å². The molecule has 3 heteroatoms. The van der Waals surface area contributed by atoms with Crippen LogP contribution in [0.4, 0.5) is 0 Å². The van der Waals surface area contributed by atoms with Gasteiger partial charge in [0.05, 0.1) is 6.54 Å². The first kappa shape index (κ1) is 8.54. The molecular formula is C9H10N2O. The van der Waals surface area contributed by atoms with E-state index in [0.29, 0.717) is 13.0 Å². The summed E-state index contributed by atoms with van der Waals surface area (Å²) < 4.78 is 1.41. The van der Waals surface area contributed by atoms with Crippen LogP contribution in [0.3, 0.4) is 0 Å². The van der Waals surface area contributed by atoms with E-state index in [2.05, 4.69) is 16.9 Å². The van der Waals surface area contributed by atoms with Gasteiger partial charge in [-0.25, -0.2) is 4.68 Å². The van der Waals surface area contributed by atoms with Gasteiger partial charge in [0.2, 0.25) is 0 Å². The molecular weight excluding hydrogens is 152 g/mol. The summed E-state index contributed by atoms with van der Waals surface area (Å²) in [5, 5.41) is 3.89. The molecule has 1 rings (SSSR count). The van der Waals surface area contributed by atoms with Crippen molar-refractivity contribution in [3.8, 4) is 11.8 Å². The molecule has 1 aromatic heterocycles. The van der Waals surface area contributed by atoms with Crippen molar-refractivity contribution >= 4 is 0 Å². The Morgan fingerprint density at radius 3 is 3.17 bits per heavy atom. The fraction of sp³-hybridized carbons (Fsp3) is 0.333. The maximum absolute atomic E-state index is 11.1. The van der Waals surface area contributed by atoms with Crippen molar-refractivity contribution in [3.63, 3.8) is 0 Å². The van der Waals surface area contributed by atoms with Crippen LogP contribution in [0.2, 0.25) is 0 Å². The van der Waals surface area contributed by atoms with Gasteiger partial charge in [-0.1, -0.05) is 0 Å². The molecule has 0 radical (unpaired) electrons. The Bertz CT molecular complexity index is 357. The van der Waals surface area contributed by atoms with Crippen LogP contribution in [-0.4, -0.2) is 9.78 Å². The smallest absolute Gasteiger partial charge is 0.266 e. The summed E-state index contributed by atoms with van der Waals surface area (Å²) in [6, 6.07) is 3.12. The van der Waals surface area contributed by atoms with Gasteiger partial charge in [-0.2, -0.15) is 5.10 Å². The number of hydrogen-bond donors (Lipinski definition) is 0. The molecule has 0 aliphatic heterocycles. The highest BCUT2D eigenvalue weighted by atomic mass is 16.1. The Morgan fingerprint density at radius 2 is 2.50 bits per heavy atom. The molecule has 0 amide bonds. The summed E-state index contributed by atoms with van der Waals surface area (Å²) in [5.74, 6) is 5.64. The zero-order chi connectivity index (χ0) is 8.81. The third-order valence-corrected chi connectivity index (χ3v) is 1.41. The molecule has 0 bridgehead atoms. The molecule has 0 aliphatic rings. The monoisotopic (exact) mass is 162 g/mol. The van der Waals surface area contributed by atoms with E-state index in [-0.39, 0.29) is 5.56 Å². The maximum Gasteiger partial charge on any atom is 0.266 e. The molecule has 62 valence electrons. The molecule has 0 aromatic carbocycles. The lowest BCUT2D eigenvalue weighted by Gasteiger charge is -1.97. The molecule has 3 nitrogen and oxygen atoms in total. The molecule has 0 atom stereocenters. The molecule has 1 heterocycles. The lowest BCUT2D eigenvalue weighted by Crippen LogP contribution is -2.20. The Kier molecular flexibility index (Phi) is 3.09. The third-order valence-electron chi connectivity index (χ3n) is 1.41. The normalized spacial score (nSPS) is 8.75. The van der Waals surface area contributed by atoms with Crippen LogP contribution in [-0.2, 0) is 6.54 Å². The van der Waals surface area contributed by atoms with Crippen molar-refractivity contribution in [1.29, 1.82) is 0 Å². The van der Waals surface area contributed by atoms with Gasteiger partial charge in [0, 0.05) is 18.7 Å². The molecule has 0 fully saturated rings. The number of aromatic nitrogens is 2. The maximum atomic E-state index is 11.1. The number of nitrogens with zero attached hydrogens (tertiary/aromatic N) is 2. The summed E-state index contributed by atoms with van der Waals surface area (Å²) in [6.45, 7) is 2.35. The minimum atomic E-state index is -0.0737. The van der Waals surface area contributed by atoms with Gasteiger partial charge in [0.15, 0.2) is 0 Å². The third kappa shape index (κ3) is 2.24. The summed E-state index contributed by atoms with van der Waals surface area (Å²) in [6.07, 6.45) is 2.27. The molecule has 0 saturated heterocycles. The van der Waals surface area contributed by atoms with Crippen LogP contribution in [0.25, 0.3) is 0 Å². The van der Waals surface area contributed by atoms with Gasteiger partial charge < -0.3 is 0 Å². The van der Waals surface area contributed by atoms with Crippen LogP contribution in [0.1, 0.15) is 13.3 Å². The molecule has 0 N–H and O–H groups in total. The highest BCUT2D eigenvalue weighted by molar-refractivity contribution is 4.95. The minimum absolute atomic E-state index is 0.0737. The van der Waals surface area contributed by atoms with Gasteiger partial charge in [0.25, 0.3) is 5.56 Å². The minimum Gasteiger partial charge on any atom is -0.268 e. The van der Waals surface area contributed by atoms with Crippen molar-refractivity contribution in [2.45, 2.75) is 19.9 Å². The SMILES string of the molecule is CC#CCCn1ncccc1=O. The van der Waals surface area contributed by atoms with E-state index >= 15 is 0 Å². The second-order valence-electron chi connectivity index (χ2n) is 2.26. The van der Waals surface area contributed by atoms with Crippen molar-refractivity contribution < 1.29 is 0 Å². The van der Waals surface area contributed by atoms with Crippen molar-refractivity contribution in [1.82, 2.24) is 9.78 Å². The van der Waals surface area contributed by atoms with Crippen molar-refractivity contribution in [3.05, 3.63) is 28.7 Å². The molecule has 0 unspecified atom stereocenters. The topological polar surface area (TPSA) is 34.9 Å². The van der Waals surface area contributed by atoms with Crippen LogP contribution < -0.4 is 5.56 Å². The van der Waals surface area contributed by atoms with E-state index in [1.54, 1.807) is 19.2 Å². The summed E-state index contributed by atoms with van der Waals surface area (Å²) in [7, 11) is 0. The van der Waals surface area contributed by atoms with Crippen LogP contribution >= 0.6 is 0 Å². The zero-order valence-electron chi connectivity index (χ0n) is 6.95. The van der Waals surface area contributed by atoms with E-state index in [1.807, 2.05) is 0 Å². The number of rotatable bonds is 2. The van der Waals surface area contributed by atoms with Gasteiger partial charge in [-0.05, 0) is 13.0 Å². The zero-order valence-corrected chi connectivity index (χ0v) is 6.95.